The van der Waals surface area contributed by atoms with Gasteiger partial charge in [0.25, 0.3) is 0 Å². The third-order valence-electron chi connectivity index (χ3n) is 9.06. The van der Waals surface area contributed by atoms with Gasteiger partial charge in [0.05, 0.1) is 5.69 Å². The minimum absolute atomic E-state index is 0.520. The first kappa shape index (κ1) is 29.7. The molecule has 3 aromatic heterocycles. The van der Waals surface area contributed by atoms with Gasteiger partial charge >= 0.3 is 0 Å². The van der Waals surface area contributed by atoms with Gasteiger partial charge in [0.2, 0.25) is 0 Å². The Bertz CT molecular complexity index is 2790. The van der Waals surface area contributed by atoms with Crippen molar-refractivity contribution >= 4 is 94.6 Å². The maximum absolute atomic E-state index is 5.33. The number of benzene rings is 5. The molecular weight excluding hydrogens is 697 g/mol. The van der Waals surface area contributed by atoms with Crippen LogP contribution in [0.3, 0.4) is 0 Å². The topological polar surface area (TPSA) is 98.1 Å². The molecule has 0 unspecified atom stereocenters. The molecule has 0 saturated heterocycles. The molecule has 5 heterocycles. The van der Waals surface area contributed by atoms with Gasteiger partial charge in [-0.15, -0.1) is 50.5 Å². The molecule has 50 heavy (non-hydrogen) atoms. The van der Waals surface area contributed by atoms with Gasteiger partial charge in [-0.25, -0.2) is 29.9 Å². The van der Waals surface area contributed by atoms with Crippen molar-refractivity contribution in [3.63, 3.8) is 0 Å². The van der Waals surface area contributed by atoms with E-state index in [0.717, 1.165) is 43.8 Å². The highest BCUT2D eigenvalue weighted by Crippen LogP contribution is 2.41. The first-order valence-electron chi connectivity index (χ1n) is 15.6. The van der Waals surface area contributed by atoms with E-state index in [1.807, 2.05) is 108 Å². The van der Waals surface area contributed by atoms with E-state index in [1.54, 1.807) is 0 Å². The number of aromatic amines is 1. The fraction of sp³-hybridized carbons (Fsp3) is 0. The number of thiol groups is 4. The first-order chi connectivity index (χ1) is 24.4. The number of aromatic nitrogens is 8. The molecule has 5 aromatic carbocycles. The Morgan fingerprint density at radius 3 is 1.28 bits per heavy atom. The Morgan fingerprint density at radius 1 is 0.420 bits per heavy atom. The summed E-state index contributed by atoms with van der Waals surface area (Å²) in [5.74, 6) is 2.12. The lowest BCUT2D eigenvalue weighted by atomic mass is 10.1. The summed E-state index contributed by atoms with van der Waals surface area (Å²) in [6.45, 7) is 0. The van der Waals surface area contributed by atoms with Crippen LogP contribution in [0.4, 0.5) is 0 Å². The van der Waals surface area contributed by atoms with E-state index < -0.39 is 0 Å². The van der Waals surface area contributed by atoms with E-state index in [-0.39, 0.29) is 0 Å². The number of nitrogens with zero attached hydrogens (tertiary/aromatic N) is 7. The van der Waals surface area contributed by atoms with Crippen LogP contribution in [0.2, 0.25) is 0 Å². The molecule has 0 aliphatic carbocycles. The quantitative estimate of drug-likeness (QED) is 0.109. The number of hydrogen-bond acceptors (Lipinski definition) is 10. The summed E-state index contributed by atoms with van der Waals surface area (Å²) in [5, 5.41) is 3.58. The highest BCUT2D eigenvalue weighted by molar-refractivity contribution is 7.86. The molecule has 8 bridgehead atoms. The maximum Gasteiger partial charge on any atom is 0.164 e. The molecule has 0 spiro atoms. The summed E-state index contributed by atoms with van der Waals surface area (Å²) in [6.07, 6.45) is 0. The Morgan fingerprint density at radius 2 is 0.820 bits per heavy atom. The molecule has 0 amide bonds. The minimum Gasteiger partial charge on any atom is -0.324 e. The molecule has 238 valence electrons. The molecule has 0 radical (unpaired) electrons. The van der Waals surface area contributed by atoms with E-state index in [4.69, 9.17) is 67.8 Å². The smallest absolute Gasteiger partial charge is 0.164 e. The van der Waals surface area contributed by atoms with E-state index >= 15 is 0 Å². The SMILES string of the molecule is Sc1cc(-n2c3nc4nc(nc5[nH]c(nc6nc(nc2c2ccccc23)-c2ccccc2-6)c2ccccc52)-c2ccccc2-4)c(S)c(S)c1S. The van der Waals surface area contributed by atoms with Gasteiger partial charge < -0.3 is 4.98 Å². The van der Waals surface area contributed by atoms with E-state index in [0.29, 0.717) is 71.2 Å². The van der Waals surface area contributed by atoms with Gasteiger partial charge in [-0.05, 0) is 6.07 Å². The van der Waals surface area contributed by atoms with Crippen molar-refractivity contribution in [3.05, 3.63) is 103 Å². The maximum atomic E-state index is 5.33. The Balaban J connectivity index is 1.48. The standard InChI is InChI=1S/C38H22N8S4/c47-27-17-26(28(48)30(50)29(27)49)46-37-24-15-7-8-16-25(24)38(46)45-36-23-14-6-4-12-21(23)34(43-36)41-32-19-10-2-1-9-18(19)31(39-32)40-33-20-11-3-5-13-22(20)35(42-33)44-37/h1-17,47-50H,(H,39,40,41,42,43,44,45). The van der Waals surface area contributed by atoms with Crippen LogP contribution in [0.5, 0.6) is 0 Å². The van der Waals surface area contributed by atoms with Crippen LogP contribution in [0.15, 0.2) is 123 Å². The number of H-pyrrole nitrogens is 1. The first-order valence-corrected chi connectivity index (χ1v) is 17.4. The van der Waals surface area contributed by atoms with Gasteiger partial charge in [0.15, 0.2) is 23.3 Å². The normalized spacial score (nSPS) is 12.0. The van der Waals surface area contributed by atoms with Crippen LogP contribution in [0.1, 0.15) is 0 Å². The molecule has 0 atom stereocenters. The average Bonchev–Trinajstić information content (AvgIpc) is 3.87. The third kappa shape index (κ3) is 4.39. The highest BCUT2D eigenvalue weighted by Gasteiger charge is 2.24. The summed E-state index contributed by atoms with van der Waals surface area (Å²) in [5.41, 5.74) is 6.66. The van der Waals surface area contributed by atoms with Crippen molar-refractivity contribution in [2.45, 2.75) is 19.6 Å². The van der Waals surface area contributed by atoms with Gasteiger partial charge in [0.1, 0.15) is 22.6 Å². The van der Waals surface area contributed by atoms with Crippen LogP contribution in [-0.2, 0) is 0 Å². The zero-order valence-electron chi connectivity index (χ0n) is 25.7. The number of nitrogens with one attached hydrogen (secondary N) is 1. The Hall–Kier alpha value is -5.14. The predicted molar refractivity (Wildman–Crippen MR) is 210 cm³/mol. The molecule has 8 aromatic rings. The van der Waals surface area contributed by atoms with Crippen LogP contribution >= 0.6 is 50.5 Å². The molecular formula is C38H22N8S4. The third-order valence-corrected chi connectivity index (χ3v) is 11.3. The molecule has 2 aliphatic heterocycles. The second-order valence-electron chi connectivity index (χ2n) is 11.9. The predicted octanol–water partition coefficient (Wildman–Crippen LogP) is 9.49. The second kappa shape index (κ2) is 11.2. The van der Waals surface area contributed by atoms with E-state index in [2.05, 4.69) is 17.6 Å². The zero-order valence-corrected chi connectivity index (χ0v) is 29.3. The lowest BCUT2D eigenvalue weighted by Gasteiger charge is -2.14. The van der Waals surface area contributed by atoms with Crippen LogP contribution in [-0.4, -0.2) is 39.5 Å². The monoisotopic (exact) mass is 718 g/mol. The molecule has 8 nitrogen and oxygen atoms in total. The summed E-state index contributed by atoms with van der Waals surface area (Å²) in [4.78, 5) is 36.9. The van der Waals surface area contributed by atoms with Gasteiger partial charge in [0, 0.05) is 63.4 Å². The summed E-state index contributed by atoms with van der Waals surface area (Å²) in [7, 11) is 0. The van der Waals surface area contributed by atoms with E-state index in [9.17, 15) is 0 Å². The Kier molecular flexibility index (Phi) is 6.66. The number of hydrogen-bond donors (Lipinski definition) is 5. The summed E-state index contributed by atoms with van der Waals surface area (Å²) < 4.78 is 1.98. The van der Waals surface area contributed by atoms with Crippen molar-refractivity contribution in [2.24, 2.45) is 0 Å². The van der Waals surface area contributed by atoms with Crippen molar-refractivity contribution in [1.29, 1.82) is 0 Å². The molecule has 0 saturated carbocycles. The van der Waals surface area contributed by atoms with Crippen LogP contribution in [0, 0.1) is 0 Å². The van der Waals surface area contributed by atoms with Gasteiger partial charge in [-0.2, -0.15) is 0 Å². The summed E-state index contributed by atoms with van der Waals surface area (Å²) >= 11 is 19.2. The largest absolute Gasteiger partial charge is 0.324 e. The average molecular weight is 719 g/mol. The molecule has 0 fully saturated rings. The minimum atomic E-state index is 0.520. The fourth-order valence-corrected chi connectivity index (χ4v) is 7.81. The highest BCUT2D eigenvalue weighted by atomic mass is 32.1. The lowest BCUT2D eigenvalue weighted by molar-refractivity contribution is 0.969. The molecule has 12 heteroatoms. The van der Waals surface area contributed by atoms with Crippen LogP contribution < -0.4 is 0 Å². The van der Waals surface area contributed by atoms with Crippen molar-refractivity contribution in [2.75, 3.05) is 0 Å². The Labute approximate surface area is 306 Å². The second-order valence-corrected chi connectivity index (χ2v) is 13.7. The summed E-state index contributed by atoms with van der Waals surface area (Å²) in [6, 6.07) is 34.0. The lowest BCUT2D eigenvalue weighted by Crippen LogP contribution is -2.00. The van der Waals surface area contributed by atoms with Gasteiger partial charge in [-0.3, -0.25) is 4.57 Å². The zero-order chi connectivity index (χ0) is 33.7. The molecule has 10 rings (SSSR count). The number of rotatable bonds is 1. The number of fused-ring (bicyclic) bond motifs is 20. The van der Waals surface area contributed by atoms with E-state index in [1.165, 1.54) is 0 Å². The van der Waals surface area contributed by atoms with Crippen LogP contribution in [0.25, 0.3) is 95.4 Å². The van der Waals surface area contributed by atoms with Crippen molar-refractivity contribution in [1.82, 2.24) is 39.5 Å². The van der Waals surface area contributed by atoms with Crippen molar-refractivity contribution < 1.29 is 0 Å². The molecule has 2 aliphatic rings. The fourth-order valence-electron chi connectivity index (χ4n) is 6.71. The van der Waals surface area contributed by atoms with Gasteiger partial charge in [-0.1, -0.05) is 97.1 Å². The molecule has 1 N–H and O–H groups in total. The van der Waals surface area contributed by atoms with Crippen molar-refractivity contribution in [3.8, 4) is 51.2 Å².